The molecule has 3 nitrogen and oxygen atoms in total. The molecule has 0 unspecified atom stereocenters. The van der Waals surface area contributed by atoms with E-state index in [0.29, 0.717) is 11.1 Å². The van der Waals surface area contributed by atoms with E-state index in [1.54, 1.807) is 24.5 Å². The Bertz CT molecular complexity index is 526. The number of nitrogens with two attached hydrogens (primary N) is 1. The van der Waals surface area contributed by atoms with Crippen LogP contribution in [0.2, 0.25) is 0 Å². The molecule has 80 valence electrons. The van der Waals surface area contributed by atoms with E-state index in [1.165, 1.54) is 12.1 Å². The molecule has 0 spiro atoms. The molecule has 0 fully saturated rings. The summed E-state index contributed by atoms with van der Waals surface area (Å²) < 4.78 is 13.7. The van der Waals surface area contributed by atoms with Crippen molar-refractivity contribution in [2.45, 2.75) is 0 Å². The maximum absolute atomic E-state index is 13.7. The molecular formula is C12H9FN2O. The van der Waals surface area contributed by atoms with Crippen molar-refractivity contribution in [3.05, 3.63) is 54.1 Å². The van der Waals surface area contributed by atoms with Crippen LogP contribution in [0.15, 0.2) is 42.7 Å². The van der Waals surface area contributed by atoms with Crippen molar-refractivity contribution in [1.82, 2.24) is 4.98 Å². The van der Waals surface area contributed by atoms with Crippen LogP contribution in [0.5, 0.6) is 0 Å². The van der Waals surface area contributed by atoms with Crippen LogP contribution < -0.4 is 5.73 Å². The zero-order chi connectivity index (χ0) is 11.5. The average molecular weight is 216 g/mol. The number of primary amides is 1. The molecule has 2 N–H and O–H groups in total. The SMILES string of the molecule is NC(=O)c1ccc(-c2ccncc2)c(F)c1. The topological polar surface area (TPSA) is 56.0 Å². The molecule has 1 heterocycles. The summed E-state index contributed by atoms with van der Waals surface area (Å²) in [7, 11) is 0. The summed E-state index contributed by atoms with van der Waals surface area (Å²) in [5.41, 5.74) is 6.35. The van der Waals surface area contributed by atoms with Gasteiger partial charge in [-0.3, -0.25) is 9.78 Å². The molecule has 0 aliphatic carbocycles. The van der Waals surface area contributed by atoms with Gasteiger partial charge in [-0.05, 0) is 29.8 Å². The van der Waals surface area contributed by atoms with E-state index < -0.39 is 11.7 Å². The Kier molecular flexibility index (Phi) is 2.64. The molecule has 0 saturated carbocycles. The fourth-order valence-corrected chi connectivity index (χ4v) is 1.43. The number of hydrogen-bond acceptors (Lipinski definition) is 2. The van der Waals surface area contributed by atoms with Crippen molar-refractivity contribution in [1.29, 1.82) is 0 Å². The molecule has 0 bridgehead atoms. The first-order valence-corrected chi connectivity index (χ1v) is 4.68. The number of carbonyl (C=O) groups excluding carboxylic acids is 1. The van der Waals surface area contributed by atoms with Gasteiger partial charge in [0.15, 0.2) is 0 Å². The second-order valence-electron chi connectivity index (χ2n) is 3.29. The lowest BCUT2D eigenvalue weighted by molar-refractivity contribution is 0.1000. The average Bonchev–Trinajstić information content (AvgIpc) is 2.30. The summed E-state index contributed by atoms with van der Waals surface area (Å²) in [5.74, 6) is -1.11. The molecule has 0 saturated heterocycles. The summed E-state index contributed by atoms with van der Waals surface area (Å²) in [4.78, 5) is 14.7. The van der Waals surface area contributed by atoms with Crippen LogP contribution in [0.25, 0.3) is 11.1 Å². The Hall–Kier alpha value is -2.23. The highest BCUT2D eigenvalue weighted by molar-refractivity contribution is 5.93. The Morgan fingerprint density at radius 2 is 1.88 bits per heavy atom. The summed E-state index contributed by atoms with van der Waals surface area (Å²) in [5, 5.41) is 0. The van der Waals surface area contributed by atoms with Gasteiger partial charge in [-0.2, -0.15) is 0 Å². The van der Waals surface area contributed by atoms with Crippen LogP contribution in [0.3, 0.4) is 0 Å². The second-order valence-corrected chi connectivity index (χ2v) is 3.29. The van der Waals surface area contributed by atoms with Crippen molar-refractivity contribution in [3.63, 3.8) is 0 Å². The molecule has 0 aliphatic heterocycles. The number of aromatic nitrogens is 1. The van der Waals surface area contributed by atoms with Crippen LogP contribution in [-0.4, -0.2) is 10.9 Å². The van der Waals surface area contributed by atoms with Gasteiger partial charge in [0, 0.05) is 23.5 Å². The van der Waals surface area contributed by atoms with E-state index in [0.717, 1.165) is 6.07 Å². The number of halogens is 1. The van der Waals surface area contributed by atoms with E-state index in [4.69, 9.17) is 5.73 Å². The third-order valence-electron chi connectivity index (χ3n) is 2.24. The van der Waals surface area contributed by atoms with Crippen molar-refractivity contribution in [3.8, 4) is 11.1 Å². The van der Waals surface area contributed by atoms with Crippen molar-refractivity contribution in [2.24, 2.45) is 5.73 Å². The van der Waals surface area contributed by atoms with E-state index in [2.05, 4.69) is 4.98 Å². The number of amides is 1. The minimum absolute atomic E-state index is 0.162. The van der Waals surface area contributed by atoms with Gasteiger partial charge in [0.2, 0.25) is 5.91 Å². The molecule has 2 rings (SSSR count). The molecule has 0 atom stereocenters. The monoisotopic (exact) mass is 216 g/mol. The predicted molar refractivity (Wildman–Crippen MR) is 58.1 cm³/mol. The number of pyridine rings is 1. The van der Waals surface area contributed by atoms with Crippen LogP contribution in [-0.2, 0) is 0 Å². The minimum atomic E-state index is -0.639. The van der Waals surface area contributed by atoms with Gasteiger partial charge in [0.05, 0.1) is 0 Å². The van der Waals surface area contributed by atoms with Gasteiger partial charge in [-0.25, -0.2) is 4.39 Å². The molecule has 1 aromatic heterocycles. The molecule has 0 aliphatic rings. The lowest BCUT2D eigenvalue weighted by Crippen LogP contribution is -2.11. The van der Waals surface area contributed by atoms with Gasteiger partial charge in [0.1, 0.15) is 5.82 Å². The Balaban J connectivity index is 2.48. The van der Waals surface area contributed by atoms with Crippen molar-refractivity contribution in [2.75, 3.05) is 0 Å². The van der Waals surface area contributed by atoms with E-state index >= 15 is 0 Å². The van der Waals surface area contributed by atoms with Crippen molar-refractivity contribution >= 4 is 5.91 Å². The van der Waals surface area contributed by atoms with E-state index in [9.17, 15) is 9.18 Å². The fraction of sp³-hybridized carbons (Fsp3) is 0. The summed E-state index contributed by atoms with van der Waals surface area (Å²) in [6.07, 6.45) is 3.16. The third kappa shape index (κ3) is 1.91. The highest BCUT2D eigenvalue weighted by Gasteiger charge is 2.08. The van der Waals surface area contributed by atoms with Gasteiger partial charge in [-0.1, -0.05) is 6.07 Å². The first-order valence-electron chi connectivity index (χ1n) is 4.68. The minimum Gasteiger partial charge on any atom is -0.366 e. The third-order valence-corrected chi connectivity index (χ3v) is 2.24. The lowest BCUT2D eigenvalue weighted by Gasteiger charge is -2.04. The Morgan fingerprint density at radius 1 is 1.19 bits per heavy atom. The highest BCUT2D eigenvalue weighted by atomic mass is 19.1. The fourth-order valence-electron chi connectivity index (χ4n) is 1.43. The quantitative estimate of drug-likeness (QED) is 0.834. The predicted octanol–water partition coefficient (Wildman–Crippen LogP) is 1.99. The summed E-state index contributed by atoms with van der Waals surface area (Å²) in [6.45, 7) is 0. The van der Waals surface area contributed by atoms with Crippen LogP contribution >= 0.6 is 0 Å². The number of benzene rings is 1. The molecule has 16 heavy (non-hydrogen) atoms. The first kappa shape index (κ1) is 10.3. The Morgan fingerprint density at radius 3 is 2.44 bits per heavy atom. The van der Waals surface area contributed by atoms with Crippen molar-refractivity contribution < 1.29 is 9.18 Å². The zero-order valence-corrected chi connectivity index (χ0v) is 8.35. The summed E-state index contributed by atoms with van der Waals surface area (Å²) >= 11 is 0. The first-order chi connectivity index (χ1) is 7.68. The largest absolute Gasteiger partial charge is 0.366 e. The molecule has 2 aromatic rings. The molecular weight excluding hydrogens is 207 g/mol. The zero-order valence-electron chi connectivity index (χ0n) is 8.35. The van der Waals surface area contributed by atoms with Crippen LogP contribution in [0, 0.1) is 5.82 Å². The van der Waals surface area contributed by atoms with Gasteiger partial charge < -0.3 is 5.73 Å². The van der Waals surface area contributed by atoms with Gasteiger partial charge in [-0.15, -0.1) is 0 Å². The van der Waals surface area contributed by atoms with E-state index in [1.807, 2.05) is 0 Å². The molecule has 4 heteroatoms. The molecule has 0 radical (unpaired) electrons. The number of nitrogens with zero attached hydrogens (tertiary/aromatic N) is 1. The normalized spacial score (nSPS) is 10.1. The van der Waals surface area contributed by atoms with Gasteiger partial charge in [0.25, 0.3) is 0 Å². The van der Waals surface area contributed by atoms with Crippen LogP contribution in [0.4, 0.5) is 4.39 Å². The summed E-state index contributed by atoms with van der Waals surface area (Å²) in [6, 6.07) is 7.56. The second kappa shape index (κ2) is 4.10. The van der Waals surface area contributed by atoms with Crippen LogP contribution in [0.1, 0.15) is 10.4 Å². The smallest absolute Gasteiger partial charge is 0.248 e. The molecule has 1 amide bonds. The maximum atomic E-state index is 13.7. The van der Waals surface area contributed by atoms with E-state index in [-0.39, 0.29) is 5.56 Å². The number of rotatable bonds is 2. The lowest BCUT2D eigenvalue weighted by atomic mass is 10.0. The number of carbonyl (C=O) groups is 1. The Labute approximate surface area is 91.7 Å². The molecule has 1 aromatic carbocycles. The van der Waals surface area contributed by atoms with Gasteiger partial charge >= 0.3 is 0 Å². The number of hydrogen-bond donors (Lipinski definition) is 1. The standard InChI is InChI=1S/C12H9FN2O/c13-11-7-9(12(14)16)1-2-10(11)8-3-5-15-6-4-8/h1-7H,(H2,14,16). The highest BCUT2D eigenvalue weighted by Crippen LogP contribution is 2.22. The maximum Gasteiger partial charge on any atom is 0.248 e.